The predicted octanol–water partition coefficient (Wildman–Crippen LogP) is 4.27. The van der Waals surface area contributed by atoms with Crippen LogP contribution in [0.4, 0.5) is 4.79 Å². The second-order valence-electron chi connectivity index (χ2n) is 4.99. The number of thioether (sulfide) groups is 1. The van der Waals surface area contributed by atoms with Gasteiger partial charge in [-0.1, -0.05) is 17.7 Å². The van der Waals surface area contributed by atoms with E-state index in [4.69, 9.17) is 21.1 Å². The van der Waals surface area contributed by atoms with Crippen LogP contribution in [0, 0.1) is 0 Å². The molecule has 0 aliphatic carbocycles. The quantitative estimate of drug-likeness (QED) is 0.344. The molecule has 1 aromatic rings. The fourth-order valence-corrected chi connectivity index (χ4v) is 3.91. The van der Waals surface area contributed by atoms with Gasteiger partial charge in [0.2, 0.25) is 0 Å². The molecule has 0 aromatic heterocycles. The van der Waals surface area contributed by atoms with E-state index < -0.39 is 5.97 Å². The van der Waals surface area contributed by atoms with Gasteiger partial charge in [0, 0.05) is 6.54 Å². The maximum absolute atomic E-state index is 12.2. The van der Waals surface area contributed by atoms with Crippen molar-refractivity contribution in [2.24, 2.45) is 0 Å². The third-order valence-corrected chi connectivity index (χ3v) is 4.92. The first kappa shape index (κ1) is 20.5. The number of carbonyl (C=O) groups excluding carboxylic acids is 3. The zero-order valence-electron chi connectivity index (χ0n) is 13.8. The van der Waals surface area contributed by atoms with Crippen LogP contribution < -0.4 is 4.74 Å². The zero-order chi connectivity index (χ0) is 19.3. The van der Waals surface area contributed by atoms with Crippen LogP contribution in [0.25, 0.3) is 6.08 Å². The molecule has 26 heavy (non-hydrogen) atoms. The van der Waals surface area contributed by atoms with E-state index in [-0.39, 0.29) is 41.7 Å². The number of hydrogen-bond donors (Lipinski definition) is 0. The molecule has 0 atom stereocenters. The number of hydrogen-bond acceptors (Lipinski definition) is 6. The Balaban J connectivity index is 2.19. The number of esters is 1. The van der Waals surface area contributed by atoms with E-state index >= 15 is 0 Å². The first-order valence-corrected chi connectivity index (χ1v) is 9.49. The molecule has 1 fully saturated rings. The summed E-state index contributed by atoms with van der Waals surface area (Å²) in [5, 5.41) is -0.0963. The molecule has 0 saturated carbocycles. The molecule has 0 bridgehead atoms. The normalized spacial score (nSPS) is 15.5. The maximum atomic E-state index is 12.2. The molecule has 1 heterocycles. The average molecular weight is 461 g/mol. The molecular formula is C17H15BrClNO5S. The summed E-state index contributed by atoms with van der Waals surface area (Å²) in [4.78, 5) is 36.9. The summed E-state index contributed by atoms with van der Waals surface area (Å²) in [7, 11) is 0. The Hall–Kier alpha value is -1.77. The molecular weight excluding hydrogens is 446 g/mol. The van der Waals surface area contributed by atoms with Crippen LogP contribution in [-0.2, 0) is 14.3 Å². The Bertz CT molecular complexity index is 772. The molecule has 2 rings (SSSR count). The van der Waals surface area contributed by atoms with E-state index in [1.165, 1.54) is 6.08 Å². The third-order valence-electron chi connectivity index (χ3n) is 3.14. The van der Waals surface area contributed by atoms with E-state index in [0.29, 0.717) is 14.9 Å². The van der Waals surface area contributed by atoms with Crippen LogP contribution in [0.1, 0.15) is 12.5 Å². The Kier molecular flexibility index (Phi) is 7.31. The van der Waals surface area contributed by atoms with E-state index in [1.54, 1.807) is 25.1 Å². The Morgan fingerprint density at radius 2 is 2.15 bits per heavy atom. The van der Waals surface area contributed by atoms with Gasteiger partial charge in [-0.05, 0) is 58.4 Å². The van der Waals surface area contributed by atoms with Crippen LogP contribution in [0.3, 0.4) is 0 Å². The Morgan fingerprint density at radius 3 is 2.77 bits per heavy atom. The summed E-state index contributed by atoms with van der Waals surface area (Å²) in [6, 6.07) is 3.25. The second kappa shape index (κ2) is 9.25. The number of nitrogens with zero attached hydrogens (tertiary/aromatic N) is 1. The fraction of sp³-hybridized carbons (Fsp3) is 0.235. The summed E-state index contributed by atoms with van der Waals surface area (Å²) in [5.74, 6) is -0.596. The van der Waals surface area contributed by atoms with Gasteiger partial charge in [0.15, 0.2) is 12.4 Å². The van der Waals surface area contributed by atoms with Gasteiger partial charge in [0.25, 0.3) is 11.1 Å². The summed E-state index contributed by atoms with van der Waals surface area (Å²) in [6.45, 7) is 5.38. The van der Waals surface area contributed by atoms with E-state index in [9.17, 15) is 14.4 Å². The lowest BCUT2D eigenvalue weighted by molar-refractivity contribution is -0.145. The molecule has 9 heteroatoms. The van der Waals surface area contributed by atoms with Gasteiger partial charge in [-0.2, -0.15) is 0 Å². The summed E-state index contributed by atoms with van der Waals surface area (Å²) in [5.41, 5.74) is 0.606. The van der Waals surface area contributed by atoms with Crippen molar-refractivity contribution in [3.05, 3.63) is 44.8 Å². The lowest BCUT2D eigenvalue weighted by Gasteiger charge is -2.11. The van der Waals surface area contributed by atoms with Crippen LogP contribution in [0.5, 0.6) is 5.75 Å². The monoisotopic (exact) mass is 459 g/mol. The molecule has 6 nitrogen and oxygen atoms in total. The zero-order valence-corrected chi connectivity index (χ0v) is 16.9. The van der Waals surface area contributed by atoms with E-state index in [0.717, 1.165) is 16.7 Å². The van der Waals surface area contributed by atoms with Crippen molar-refractivity contribution in [2.75, 3.05) is 19.8 Å². The van der Waals surface area contributed by atoms with Crippen LogP contribution in [0.2, 0.25) is 5.02 Å². The standard InChI is InChI=1S/C17H15BrClNO5S/c1-3-5-20-16(22)13(26-17(20)23)8-10-6-11(18)15(12(19)7-10)25-9-14(21)24-4-2/h3,6-8H,1,4-5,9H2,2H3/b13-8+. The highest BCUT2D eigenvalue weighted by molar-refractivity contribution is 9.10. The minimum absolute atomic E-state index is 0.160. The number of ether oxygens (including phenoxy) is 2. The third kappa shape index (κ3) is 4.90. The summed E-state index contributed by atoms with van der Waals surface area (Å²) in [6.07, 6.45) is 3.06. The number of imide groups is 1. The van der Waals surface area contributed by atoms with Gasteiger partial charge >= 0.3 is 5.97 Å². The van der Waals surface area contributed by atoms with Gasteiger partial charge in [0.1, 0.15) is 0 Å². The molecule has 0 unspecified atom stereocenters. The van der Waals surface area contributed by atoms with Gasteiger partial charge in [-0.25, -0.2) is 4.79 Å². The van der Waals surface area contributed by atoms with Crippen LogP contribution in [-0.4, -0.2) is 41.8 Å². The lowest BCUT2D eigenvalue weighted by atomic mass is 10.2. The number of carbonyl (C=O) groups is 3. The number of amides is 2. The van der Waals surface area contributed by atoms with E-state index in [1.807, 2.05) is 0 Å². The molecule has 0 radical (unpaired) electrons. The molecule has 0 spiro atoms. The highest BCUT2D eigenvalue weighted by Crippen LogP contribution is 2.37. The highest BCUT2D eigenvalue weighted by Gasteiger charge is 2.34. The molecule has 138 valence electrons. The second-order valence-corrected chi connectivity index (χ2v) is 7.24. The number of halogens is 2. The van der Waals surface area contributed by atoms with Crippen molar-refractivity contribution in [2.45, 2.75) is 6.92 Å². The smallest absolute Gasteiger partial charge is 0.344 e. The van der Waals surface area contributed by atoms with Crippen molar-refractivity contribution in [3.63, 3.8) is 0 Å². The minimum Gasteiger partial charge on any atom is -0.479 e. The van der Waals surface area contributed by atoms with Crippen molar-refractivity contribution in [1.29, 1.82) is 0 Å². The maximum Gasteiger partial charge on any atom is 0.344 e. The Morgan fingerprint density at radius 1 is 1.42 bits per heavy atom. The topological polar surface area (TPSA) is 72.9 Å². The van der Waals surface area contributed by atoms with Crippen LogP contribution >= 0.6 is 39.3 Å². The first-order valence-electron chi connectivity index (χ1n) is 7.51. The van der Waals surface area contributed by atoms with Crippen LogP contribution in [0.15, 0.2) is 34.2 Å². The average Bonchev–Trinajstić information content (AvgIpc) is 2.82. The van der Waals surface area contributed by atoms with Gasteiger partial charge in [-0.3, -0.25) is 14.5 Å². The highest BCUT2D eigenvalue weighted by atomic mass is 79.9. The van der Waals surface area contributed by atoms with Crippen molar-refractivity contribution in [1.82, 2.24) is 4.90 Å². The molecule has 0 N–H and O–H groups in total. The van der Waals surface area contributed by atoms with Crippen molar-refractivity contribution >= 4 is 62.5 Å². The van der Waals surface area contributed by atoms with Gasteiger partial charge < -0.3 is 9.47 Å². The summed E-state index contributed by atoms with van der Waals surface area (Å²) >= 11 is 10.4. The molecule has 2 amide bonds. The molecule has 1 saturated heterocycles. The molecule has 1 aromatic carbocycles. The van der Waals surface area contributed by atoms with Crippen molar-refractivity contribution in [3.8, 4) is 5.75 Å². The number of benzene rings is 1. The lowest BCUT2D eigenvalue weighted by Crippen LogP contribution is -2.27. The molecule has 1 aliphatic heterocycles. The number of rotatable bonds is 7. The molecule has 1 aliphatic rings. The fourth-order valence-electron chi connectivity index (χ4n) is 2.07. The largest absolute Gasteiger partial charge is 0.479 e. The van der Waals surface area contributed by atoms with Gasteiger partial charge in [-0.15, -0.1) is 6.58 Å². The first-order chi connectivity index (χ1) is 12.4. The Labute approximate surface area is 168 Å². The predicted molar refractivity (Wildman–Crippen MR) is 104 cm³/mol. The van der Waals surface area contributed by atoms with E-state index in [2.05, 4.69) is 22.5 Å². The summed E-state index contributed by atoms with van der Waals surface area (Å²) < 4.78 is 10.7. The van der Waals surface area contributed by atoms with Crippen molar-refractivity contribution < 1.29 is 23.9 Å². The SMILES string of the molecule is C=CCN1C(=O)S/C(=C/c2cc(Cl)c(OCC(=O)OCC)c(Br)c2)C1=O. The van der Waals surface area contributed by atoms with Gasteiger partial charge in [0.05, 0.1) is 21.0 Å². The minimum atomic E-state index is -0.504.